The van der Waals surface area contributed by atoms with E-state index in [1.165, 1.54) is 37.0 Å². The van der Waals surface area contributed by atoms with E-state index in [-0.39, 0.29) is 0 Å². The summed E-state index contributed by atoms with van der Waals surface area (Å²) < 4.78 is 0. The van der Waals surface area contributed by atoms with Crippen molar-refractivity contribution in [3.63, 3.8) is 0 Å². The highest BCUT2D eigenvalue weighted by atomic mass is 15.3. The predicted octanol–water partition coefficient (Wildman–Crippen LogP) is 3.12. The molecule has 79 valence electrons. The fourth-order valence-corrected chi connectivity index (χ4v) is 1.93. The molecule has 0 saturated carbocycles. The summed E-state index contributed by atoms with van der Waals surface area (Å²) in [6.07, 6.45) is 6.30. The van der Waals surface area contributed by atoms with Gasteiger partial charge in [-0.05, 0) is 18.6 Å². The van der Waals surface area contributed by atoms with Gasteiger partial charge in [-0.25, -0.2) is 0 Å². The second kappa shape index (κ2) is 4.96. The van der Waals surface area contributed by atoms with Gasteiger partial charge in [0.25, 0.3) is 5.71 Å². The summed E-state index contributed by atoms with van der Waals surface area (Å²) in [6, 6.07) is 8.35. The van der Waals surface area contributed by atoms with Crippen LogP contribution in [-0.2, 0) is 0 Å². The molecule has 0 fully saturated rings. The van der Waals surface area contributed by atoms with Crippen LogP contribution in [0.5, 0.6) is 0 Å². The Morgan fingerprint density at radius 1 is 1.13 bits per heavy atom. The highest BCUT2D eigenvalue weighted by molar-refractivity contribution is 6.07. The van der Waals surface area contributed by atoms with Crippen LogP contribution in [0.4, 0.5) is 5.69 Å². The quantitative estimate of drug-likeness (QED) is 0.729. The number of hydrogen-bond donors (Lipinski definition) is 1. The molecule has 0 aliphatic carbocycles. The molecule has 1 aliphatic heterocycles. The molecule has 0 bridgehead atoms. The smallest absolute Gasteiger partial charge is 0.0998 e. The van der Waals surface area contributed by atoms with Crippen molar-refractivity contribution < 1.29 is 0 Å². The highest BCUT2D eigenvalue weighted by Crippen LogP contribution is 2.20. The fourth-order valence-electron chi connectivity index (χ4n) is 1.93. The summed E-state index contributed by atoms with van der Waals surface area (Å²) in [6.45, 7) is 2.24. The maximum Gasteiger partial charge on any atom is 0.296 e. The van der Waals surface area contributed by atoms with Gasteiger partial charge in [-0.1, -0.05) is 43.7 Å². The van der Waals surface area contributed by atoms with Gasteiger partial charge in [0.1, 0.15) is 5.69 Å². The molecule has 0 atom stereocenters. The van der Waals surface area contributed by atoms with Crippen molar-refractivity contribution in [3.05, 3.63) is 29.8 Å². The molecule has 1 heterocycles. The Morgan fingerprint density at radius 2 is 2.00 bits per heavy atom. The molecular formula is C13H18N2+. The normalized spacial score (nSPS) is 13.3. The molecular weight excluding hydrogens is 184 g/mol. The first-order valence-corrected chi connectivity index (χ1v) is 5.84. The summed E-state index contributed by atoms with van der Waals surface area (Å²) in [7, 11) is 0. The van der Waals surface area contributed by atoms with Gasteiger partial charge in [-0.2, -0.15) is 0 Å². The molecule has 2 nitrogen and oxygen atoms in total. The first kappa shape index (κ1) is 10.2. The van der Waals surface area contributed by atoms with Crippen LogP contribution >= 0.6 is 0 Å². The standard InChI is InChI=1S/C13H18N2/c1-2-3-4-5-9-12-11-8-6-7-10-13(11)15-14-12/h6-8,10,15H,2-5,9H2,1H3/q+1. The van der Waals surface area contributed by atoms with Crippen LogP contribution in [-0.4, -0.2) is 5.71 Å². The van der Waals surface area contributed by atoms with Gasteiger partial charge in [0.05, 0.1) is 5.56 Å². The number of nitrogens with one attached hydrogen (secondary N) is 1. The SMILES string of the molecule is CCCCCCC1=[N+]Nc2ccccc21. The summed E-state index contributed by atoms with van der Waals surface area (Å²) >= 11 is 0. The Hall–Kier alpha value is -1.31. The highest BCUT2D eigenvalue weighted by Gasteiger charge is 2.25. The van der Waals surface area contributed by atoms with E-state index >= 15 is 0 Å². The van der Waals surface area contributed by atoms with Crippen LogP contribution in [0.25, 0.3) is 0 Å². The molecule has 0 aromatic heterocycles. The summed E-state index contributed by atoms with van der Waals surface area (Å²) in [5.74, 6) is 0. The second-order valence-electron chi connectivity index (χ2n) is 4.03. The number of para-hydroxylation sites is 1. The minimum Gasteiger partial charge on any atom is -0.0998 e. The number of hydrazone groups is 1. The van der Waals surface area contributed by atoms with Crippen LogP contribution in [0.1, 0.15) is 44.6 Å². The Kier molecular flexibility index (Phi) is 3.38. The molecule has 0 saturated heterocycles. The number of rotatable bonds is 5. The van der Waals surface area contributed by atoms with Crippen LogP contribution in [0.2, 0.25) is 0 Å². The van der Waals surface area contributed by atoms with E-state index in [9.17, 15) is 0 Å². The molecule has 1 N–H and O–H groups in total. The topological polar surface area (TPSA) is 26.1 Å². The minimum atomic E-state index is 1.10. The number of anilines is 1. The van der Waals surface area contributed by atoms with Crippen LogP contribution < -0.4 is 10.5 Å². The van der Waals surface area contributed by atoms with Crippen molar-refractivity contribution in [1.82, 2.24) is 5.10 Å². The first-order valence-electron chi connectivity index (χ1n) is 5.84. The van der Waals surface area contributed by atoms with Crippen LogP contribution in [0, 0.1) is 0 Å². The largest absolute Gasteiger partial charge is 0.296 e. The molecule has 0 unspecified atom stereocenters. The fraction of sp³-hybridized carbons (Fsp3) is 0.462. The van der Waals surface area contributed by atoms with Crippen LogP contribution in [0.3, 0.4) is 0 Å². The zero-order valence-electron chi connectivity index (χ0n) is 9.29. The molecule has 0 spiro atoms. The number of benzene rings is 1. The monoisotopic (exact) mass is 202 g/mol. The lowest BCUT2D eigenvalue weighted by Gasteiger charge is -1.95. The molecule has 2 rings (SSSR count). The molecule has 2 heteroatoms. The van der Waals surface area contributed by atoms with Gasteiger partial charge in [-0.15, -0.1) is 0 Å². The van der Waals surface area contributed by atoms with Gasteiger partial charge >= 0.3 is 0 Å². The molecule has 1 radical (unpaired) electrons. The van der Waals surface area contributed by atoms with Gasteiger partial charge in [-0.3, -0.25) is 0 Å². The van der Waals surface area contributed by atoms with E-state index in [1.807, 2.05) is 6.07 Å². The summed E-state index contributed by atoms with van der Waals surface area (Å²) in [4.78, 5) is 0. The maximum absolute atomic E-state index is 4.37. The Labute approximate surface area is 91.4 Å². The molecule has 15 heavy (non-hydrogen) atoms. The number of fused-ring (bicyclic) bond motifs is 1. The van der Waals surface area contributed by atoms with Crippen molar-refractivity contribution in [3.8, 4) is 0 Å². The first-order chi connectivity index (χ1) is 7.42. The van der Waals surface area contributed by atoms with E-state index < -0.39 is 0 Å². The predicted molar refractivity (Wildman–Crippen MR) is 65.1 cm³/mol. The van der Waals surface area contributed by atoms with Crippen molar-refractivity contribution in [2.24, 2.45) is 0 Å². The Bertz CT molecular complexity index is 355. The van der Waals surface area contributed by atoms with Crippen molar-refractivity contribution in [1.29, 1.82) is 0 Å². The van der Waals surface area contributed by atoms with Gasteiger partial charge in [0, 0.05) is 6.42 Å². The molecule has 1 aliphatic rings. The number of unbranched alkanes of at least 4 members (excludes halogenated alkanes) is 3. The summed E-state index contributed by atoms with van der Waals surface area (Å²) in [5, 5.41) is 4.37. The molecule has 1 aromatic rings. The lowest BCUT2D eigenvalue weighted by atomic mass is 10.0. The lowest BCUT2D eigenvalue weighted by Crippen LogP contribution is -2.04. The van der Waals surface area contributed by atoms with Crippen LogP contribution in [0.15, 0.2) is 24.3 Å². The van der Waals surface area contributed by atoms with Crippen molar-refractivity contribution >= 4 is 11.4 Å². The van der Waals surface area contributed by atoms with Gasteiger partial charge in [0.15, 0.2) is 5.10 Å². The second-order valence-corrected chi connectivity index (χ2v) is 4.03. The molecule has 0 amide bonds. The van der Waals surface area contributed by atoms with E-state index in [2.05, 4.69) is 35.7 Å². The zero-order valence-corrected chi connectivity index (χ0v) is 9.29. The van der Waals surface area contributed by atoms with E-state index in [0.717, 1.165) is 12.1 Å². The minimum absolute atomic E-state index is 1.10. The average molecular weight is 202 g/mol. The van der Waals surface area contributed by atoms with Gasteiger partial charge in [0.2, 0.25) is 0 Å². The Balaban J connectivity index is 1.90. The third-order valence-electron chi connectivity index (χ3n) is 2.82. The van der Waals surface area contributed by atoms with E-state index in [0.29, 0.717) is 0 Å². The number of hydrogen-bond acceptors (Lipinski definition) is 2. The lowest BCUT2D eigenvalue weighted by molar-refractivity contribution is 0.682. The number of nitrogens with zero attached hydrogens (tertiary/aromatic N) is 1. The van der Waals surface area contributed by atoms with Crippen molar-refractivity contribution in [2.45, 2.75) is 39.0 Å². The van der Waals surface area contributed by atoms with E-state index in [1.54, 1.807) is 0 Å². The third kappa shape index (κ3) is 2.38. The average Bonchev–Trinajstić information content (AvgIpc) is 2.68. The Morgan fingerprint density at radius 3 is 2.87 bits per heavy atom. The third-order valence-corrected chi connectivity index (χ3v) is 2.82. The zero-order chi connectivity index (χ0) is 10.5. The van der Waals surface area contributed by atoms with E-state index in [4.69, 9.17) is 0 Å². The van der Waals surface area contributed by atoms with Crippen molar-refractivity contribution in [2.75, 3.05) is 5.43 Å². The van der Waals surface area contributed by atoms with Gasteiger partial charge < -0.3 is 0 Å². The summed E-state index contributed by atoms with van der Waals surface area (Å²) in [5.41, 5.74) is 6.74. The maximum atomic E-state index is 4.37. The molecule has 1 aromatic carbocycles.